The number of aryl methyl sites for hydroxylation is 1. The number of anilines is 1. The van der Waals surface area contributed by atoms with Crippen molar-refractivity contribution in [2.45, 2.75) is 57.3 Å². The molecular weight excluding hydrogens is 518 g/mol. The molecule has 2 aliphatic rings. The Morgan fingerprint density at radius 3 is 2.69 bits per heavy atom. The Balaban J connectivity index is 1.49. The summed E-state index contributed by atoms with van der Waals surface area (Å²) in [7, 11) is 3.65. The van der Waals surface area contributed by atoms with Gasteiger partial charge in [-0.1, -0.05) is 46.3 Å². The third-order valence-electron chi connectivity index (χ3n) is 7.57. The molecule has 5 rings (SSSR count). The molecule has 6 nitrogen and oxygen atoms in total. The molecule has 7 heteroatoms. The van der Waals surface area contributed by atoms with E-state index in [9.17, 15) is 9.59 Å². The zero-order chi connectivity index (χ0) is 25.4. The van der Waals surface area contributed by atoms with Gasteiger partial charge in [-0.15, -0.1) is 0 Å². The van der Waals surface area contributed by atoms with E-state index in [0.29, 0.717) is 19.0 Å². The minimum absolute atomic E-state index is 0.0919. The van der Waals surface area contributed by atoms with Crippen molar-refractivity contribution in [3.63, 3.8) is 0 Å². The molecule has 1 fully saturated rings. The fourth-order valence-corrected chi connectivity index (χ4v) is 5.52. The fourth-order valence-electron chi connectivity index (χ4n) is 5.15. The van der Waals surface area contributed by atoms with Crippen molar-refractivity contribution in [1.82, 2.24) is 10.2 Å². The molecule has 1 aliphatic heterocycles. The number of carbonyl (C=O) groups excluding carboxylic acids is 2. The number of rotatable bonds is 7. The summed E-state index contributed by atoms with van der Waals surface area (Å²) in [6, 6.07) is 17.7. The lowest BCUT2D eigenvalue weighted by Crippen LogP contribution is -2.53. The molecule has 3 aromatic carbocycles. The Hall–Kier alpha value is -2.90. The Bertz CT molecular complexity index is 1310. The number of amides is 2. The first kappa shape index (κ1) is 24.8. The van der Waals surface area contributed by atoms with Crippen LogP contribution in [-0.4, -0.2) is 49.0 Å². The zero-order valence-corrected chi connectivity index (χ0v) is 22.5. The molecule has 1 heterocycles. The number of para-hydroxylation sites is 1. The summed E-state index contributed by atoms with van der Waals surface area (Å²) in [5.41, 5.74) is 2.94. The third-order valence-corrected chi connectivity index (χ3v) is 8.06. The Morgan fingerprint density at radius 2 is 1.94 bits per heavy atom. The number of halogens is 1. The van der Waals surface area contributed by atoms with Crippen molar-refractivity contribution >= 4 is 44.2 Å². The average Bonchev–Trinajstić information content (AvgIpc) is 3.74. The molecule has 188 valence electrons. The summed E-state index contributed by atoms with van der Waals surface area (Å²) in [5, 5.41) is 5.19. The Kier molecular flexibility index (Phi) is 7.04. The molecule has 36 heavy (non-hydrogen) atoms. The number of benzene rings is 3. The molecule has 1 saturated carbocycles. The second kappa shape index (κ2) is 10.2. The Morgan fingerprint density at radius 1 is 1.17 bits per heavy atom. The molecule has 0 unspecified atom stereocenters. The maximum Gasteiger partial charge on any atom is 0.249 e. The van der Waals surface area contributed by atoms with Crippen molar-refractivity contribution in [2.75, 3.05) is 19.1 Å². The van der Waals surface area contributed by atoms with Crippen LogP contribution in [-0.2, 0) is 22.6 Å². The highest BCUT2D eigenvalue weighted by Crippen LogP contribution is 2.35. The highest BCUT2D eigenvalue weighted by molar-refractivity contribution is 9.10. The van der Waals surface area contributed by atoms with Crippen LogP contribution in [0.2, 0.25) is 0 Å². The summed E-state index contributed by atoms with van der Waals surface area (Å²) in [4.78, 5) is 31.1. The zero-order valence-electron chi connectivity index (χ0n) is 21.0. The van der Waals surface area contributed by atoms with E-state index in [0.717, 1.165) is 57.1 Å². The van der Waals surface area contributed by atoms with E-state index in [2.05, 4.69) is 44.3 Å². The lowest BCUT2D eigenvalue weighted by Gasteiger charge is -2.29. The van der Waals surface area contributed by atoms with Crippen LogP contribution in [0.4, 0.5) is 5.69 Å². The number of likely N-dealkylation sites (N-methyl/N-ethyl adjacent to an activating group) is 1. The van der Waals surface area contributed by atoms with Crippen molar-refractivity contribution in [3.05, 3.63) is 70.2 Å². The van der Waals surface area contributed by atoms with Gasteiger partial charge < -0.3 is 15.0 Å². The lowest BCUT2D eigenvalue weighted by molar-refractivity contribution is -0.130. The largest absolute Gasteiger partial charge is 0.496 e. The molecule has 2 atom stereocenters. The first-order chi connectivity index (χ1) is 17.4. The molecule has 3 aromatic rings. The van der Waals surface area contributed by atoms with E-state index in [1.807, 2.05) is 55.3 Å². The van der Waals surface area contributed by atoms with Gasteiger partial charge in [0.25, 0.3) is 0 Å². The number of hydrogen-bond donors (Lipinski definition) is 1. The molecule has 0 aromatic heterocycles. The van der Waals surface area contributed by atoms with Gasteiger partial charge >= 0.3 is 0 Å². The summed E-state index contributed by atoms with van der Waals surface area (Å²) >= 11 is 3.56. The van der Waals surface area contributed by atoms with Crippen LogP contribution in [0.3, 0.4) is 0 Å². The van der Waals surface area contributed by atoms with Crippen molar-refractivity contribution in [2.24, 2.45) is 0 Å². The summed E-state index contributed by atoms with van der Waals surface area (Å²) in [6.45, 7) is 2.27. The van der Waals surface area contributed by atoms with Gasteiger partial charge in [-0.25, -0.2) is 0 Å². The van der Waals surface area contributed by atoms with Gasteiger partial charge in [-0.05, 0) is 80.3 Å². The molecule has 0 saturated heterocycles. The lowest BCUT2D eigenvalue weighted by atomic mass is 10.0. The molecular formula is C29H32BrN3O3. The number of fused-ring (bicyclic) bond motifs is 2. The smallest absolute Gasteiger partial charge is 0.249 e. The van der Waals surface area contributed by atoms with Gasteiger partial charge in [0.2, 0.25) is 11.8 Å². The highest BCUT2D eigenvalue weighted by Gasteiger charge is 2.36. The molecule has 1 N–H and O–H groups in total. The quantitative estimate of drug-likeness (QED) is 0.447. The summed E-state index contributed by atoms with van der Waals surface area (Å²) < 4.78 is 6.73. The predicted molar refractivity (Wildman–Crippen MR) is 146 cm³/mol. The number of nitrogens with one attached hydrogen (secondary N) is 1. The average molecular weight is 550 g/mol. The molecule has 0 bridgehead atoms. The Labute approximate surface area is 220 Å². The third kappa shape index (κ3) is 4.87. The van der Waals surface area contributed by atoms with Crippen molar-refractivity contribution in [3.8, 4) is 5.75 Å². The fraction of sp³-hybridized carbons (Fsp3) is 0.379. The summed E-state index contributed by atoms with van der Waals surface area (Å²) in [6.07, 6.45) is 3.54. The first-order valence-corrected chi connectivity index (χ1v) is 13.3. The van der Waals surface area contributed by atoms with Crippen LogP contribution in [0.5, 0.6) is 5.75 Å². The summed E-state index contributed by atoms with van der Waals surface area (Å²) in [5.74, 6) is 0.548. The monoisotopic (exact) mass is 549 g/mol. The van der Waals surface area contributed by atoms with E-state index in [4.69, 9.17) is 4.74 Å². The molecule has 2 amide bonds. The number of nitrogens with zero attached hydrogens (tertiary/aromatic N) is 2. The minimum Gasteiger partial charge on any atom is -0.496 e. The van der Waals surface area contributed by atoms with Crippen LogP contribution in [0.1, 0.15) is 37.3 Å². The van der Waals surface area contributed by atoms with E-state index >= 15 is 0 Å². The van der Waals surface area contributed by atoms with Crippen LogP contribution in [0.15, 0.2) is 59.1 Å². The van der Waals surface area contributed by atoms with Gasteiger partial charge in [0.05, 0.1) is 19.7 Å². The van der Waals surface area contributed by atoms with Crippen LogP contribution >= 0.6 is 15.9 Å². The van der Waals surface area contributed by atoms with Crippen LogP contribution in [0, 0.1) is 0 Å². The van der Waals surface area contributed by atoms with Crippen molar-refractivity contribution < 1.29 is 14.3 Å². The standard InChI is InChI=1S/C29H32BrN3O3/c1-18(32(2)22-11-12-22)28(34)31-25-14-8-19-6-4-5-7-26(19)33(29(25)35)17-24-23-13-10-21(30)16-20(23)9-15-27(24)36-3/h4-7,9-10,13,15-16,18,22,25H,8,11-12,14,17H2,1-3H3,(H,31,34)/t18-,25-/m0/s1. The number of ether oxygens (including phenoxy) is 1. The predicted octanol–water partition coefficient (Wildman–Crippen LogP) is 5.06. The topological polar surface area (TPSA) is 61.9 Å². The maximum atomic E-state index is 14.0. The molecule has 0 radical (unpaired) electrons. The van der Waals surface area contributed by atoms with E-state index in [1.165, 1.54) is 0 Å². The van der Waals surface area contributed by atoms with Crippen LogP contribution in [0.25, 0.3) is 10.8 Å². The minimum atomic E-state index is -0.588. The second-order valence-electron chi connectivity index (χ2n) is 9.84. The van der Waals surface area contributed by atoms with Crippen LogP contribution < -0.4 is 15.0 Å². The van der Waals surface area contributed by atoms with E-state index in [-0.39, 0.29) is 17.9 Å². The van der Waals surface area contributed by atoms with Gasteiger partial charge in [0, 0.05) is 21.8 Å². The molecule has 0 spiro atoms. The van der Waals surface area contributed by atoms with E-state index < -0.39 is 6.04 Å². The van der Waals surface area contributed by atoms with E-state index in [1.54, 1.807) is 7.11 Å². The number of carbonyl (C=O) groups is 2. The van der Waals surface area contributed by atoms with Gasteiger partial charge in [-0.2, -0.15) is 0 Å². The maximum absolute atomic E-state index is 14.0. The second-order valence-corrected chi connectivity index (χ2v) is 10.8. The molecule has 1 aliphatic carbocycles. The van der Waals surface area contributed by atoms with Gasteiger partial charge in [0.1, 0.15) is 11.8 Å². The number of hydrogen-bond acceptors (Lipinski definition) is 4. The normalized spacial score (nSPS) is 18.6. The SMILES string of the molecule is COc1ccc2cc(Br)ccc2c1CN1C(=O)[C@@H](NC(=O)[C@H](C)N(C)C2CC2)CCc2ccccc21. The number of methoxy groups -OCH3 is 1. The van der Waals surface area contributed by atoms with Gasteiger partial charge in [-0.3, -0.25) is 14.5 Å². The highest BCUT2D eigenvalue weighted by atomic mass is 79.9. The first-order valence-electron chi connectivity index (χ1n) is 12.5. The van der Waals surface area contributed by atoms with Gasteiger partial charge in [0.15, 0.2) is 0 Å². The van der Waals surface area contributed by atoms with Crippen molar-refractivity contribution in [1.29, 1.82) is 0 Å².